The molecule has 1 aliphatic carbocycles. The highest BCUT2D eigenvalue weighted by Gasteiger charge is 2.28. The molecule has 3 rings (SSSR count). The first-order chi connectivity index (χ1) is 8.22. The van der Waals surface area contributed by atoms with Crippen molar-refractivity contribution in [1.82, 2.24) is 19.9 Å². The average molecular weight is 234 g/mol. The van der Waals surface area contributed by atoms with Crippen LogP contribution in [0.5, 0.6) is 0 Å². The summed E-state index contributed by atoms with van der Waals surface area (Å²) in [7, 11) is 2.13. The van der Waals surface area contributed by atoms with Crippen LogP contribution in [0.2, 0.25) is 0 Å². The molecule has 0 spiro atoms. The molecule has 0 radical (unpaired) electrons. The number of rotatable bonds is 2. The second-order valence-electron chi connectivity index (χ2n) is 4.92. The van der Waals surface area contributed by atoms with Crippen molar-refractivity contribution in [3.8, 4) is 0 Å². The number of likely N-dealkylation sites (N-methyl/N-ethyl adjacent to an activating group) is 1. The summed E-state index contributed by atoms with van der Waals surface area (Å²) in [6.45, 7) is 4.02. The fourth-order valence-corrected chi connectivity index (χ4v) is 2.07. The zero-order valence-corrected chi connectivity index (χ0v) is 10.1. The standard InChI is InChI=1S/C11H18N6/c1-16-4-6-17(7-5-16)11-14-9(8-2-3-8)13-10(12)15-11/h8H,2-7H2,1H3,(H2,12,13,14,15). The predicted octanol–water partition coefficient (Wildman–Crippen LogP) is 0.0830. The molecule has 6 nitrogen and oxygen atoms in total. The molecule has 1 aromatic heterocycles. The molecular weight excluding hydrogens is 216 g/mol. The first-order valence-corrected chi connectivity index (χ1v) is 6.17. The minimum atomic E-state index is 0.357. The molecule has 1 aromatic rings. The van der Waals surface area contributed by atoms with Crippen molar-refractivity contribution in [1.29, 1.82) is 0 Å². The molecule has 0 unspecified atom stereocenters. The maximum absolute atomic E-state index is 5.76. The van der Waals surface area contributed by atoms with Crippen LogP contribution in [0.1, 0.15) is 24.6 Å². The summed E-state index contributed by atoms with van der Waals surface area (Å²) in [4.78, 5) is 17.5. The molecule has 1 saturated heterocycles. The summed E-state index contributed by atoms with van der Waals surface area (Å²) in [5, 5.41) is 0. The van der Waals surface area contributed by atoms with Crippen molar-refractivity contribution < 1.29 is 0 Å². The van der Waals surface area contributed by atoms with E-state index in [1.807, 2.05) is 0 Å². The Morgan fingerprint density at radius 3 is 2.41 bits per heavy atom. The van der Waals surface area contributed by atoms with Crippen LogP contribution in [0, 0.1) is 0 Å². The van der Waals surface area contributed by atoms with Crippen LogP contribution >= 0.6 is 0 Å². The Balaban J connectivity index is 1.81. The fraction of sp³-hybridized carbons (Fsp3) is 0.727. The molecule has 1 saturated carbocycles. The third-order valence-corrected chi connectivity index (χ3v) is 3.39. The Kier molecular flexibility index (Phi) is 2.58. The highest BCUT2D eigenvalue weighted by Crippen LogP contribution is 2.38. The first kappa shape index (κ1) is 10.7. The average Bonchev–Trinajstić information content (AvgIpc) is 3.13. The van der Waals surface area contributed by atoms with Gasteiger partial charge in [-0.25, -0.2) is 0 Å². The van der Waals surface area contributed by atoms with Gasteiger partial charge in [0, 0.05) is 32.1 Å². The highest BCUT2D eigenvalue weighted by molar-refractivity contribution is 5.36. The molecule has 0 amide bonds. The minimum absolute atomic E-state index is 0.357. The van der Waals surface area contributed by atoms with Crippen LogP contribution in [0.3, 0.4) is 0 Å². The van der Waals surface area contributed by atoms with Gasteiger partial charge >= 0.3 is 0 Å². The lowest BCUT2D eigenvalue weighted by Crippen LogP contribution is -2.45. The molecule has 2 heterocycles. The van der Waals surface area contributed by atoms with E-state index < -0.39 is 0 Å². The number of nitrogens with zero attached hydrogens (tertiary/aromatic N) is 5. The van der Waals surface area contributed by atoms with E-state index in [0.717, 1.165) is 38.0 Å². The van der Waals surface area contributed by atoms with Gasteiger partial charge in [-0.1, -0.05) is 0 Å². The molecule has 2 fully saturated rings. The summed E-state index contributed by atoms with van der Waals surface area (Å²) < 4.78 is 0. The Labute approximate surface area is 101 Å². The molecule has 0 bridgehead atoms. The Bertz CT molecular complexity index is 408. The number of nitrogen functional groups attached to an aromatic ring is 1. The number of piperazine rings is 1. The fourth-order valence-electron chi connectivity index (χ4n) is 2.07. The minimum Gasteiger partial charge on any atom is -0.368 e. The van der Waals surface area contributed by atoms with Crippen molar-refractivity contribution >= 4 is 11.9 Å². The Hall–Kier alpha value is -1.43. The van der Waals surface area contributed by atoms with E-state index in [1.54, 1.807) is 0 Å². The van der Waals surface area contributed by atoms with Crippen LogP contribution in [0.4, 0.5) is 11.9 Å². The summed E-state index contributed by atoms with van der Waals surface area (Å²) in [6, 6.07) is 0. The summed E-state index contributed by atoms with van der Waals surface area (Å²) in [5.41, 5.74) is 5.76. The summed E-state index contributed by atoms with van der Waals surface area (Å²) >= 11 is 0. The Morgan fingerprint density at radius 2 is 1.76 bits per heavy atom. The number of aromatic nitrogens is 3. The van der Waals surface area contributed by atoms with E-state index in [2.05, 4.69) is 31.8 Å². The SMILES string of the molecule is CN1CCN(c2nc(N)nc(C3CC3)n2)CC1. The molecule has 92 valence electrons. The van der Waals surface area contributed by atoms with Gasteiger partial charge in [-0.2, -0.15) is 15.0 Å². The van der Waals surface area contributed by atoms with Gasteiger partial charge in [0.25, 0.3) is 0 Å². The van der Waals surface area contributed by atoms with Crippen LogP contribution in [0.25, 0.3) is 0 Å². The van der Waals surface area contributed by atoms with Gasteiger partial charge in [0.1, 0.15) is 5.82 Å². The third kappa shape index (κ3) is 2.31. The van der Waals surface area contributed by atoms with E-state index >= 15 is 0 Å². The molecule has 6 heteroatoms. The van der Waals surface area contributed by atoms with Crippen LogP contribution in [-0.4, -0.2) is 53.1 Å². The van der Waals surface area contributed by atoms with Crippen LogP contribution < -0.4 is 10.6 Å². The van der Waals surface area contributed by atoms with E-state index in [9.17, 15) is 0 Å². The van der Waals surface area contributed by atoms with Crippen molar-refractivity contribution in [3.63, 3.8) is 0 Å². The van der Waals surface area contributed by atoms with Gasteiger partial charge in [-0.15, -0.1) is 0 Å². The van der Waals surface area contributed by atoms with E-state index in [4.69, 9.17) is 5.73 Å². The van der Waals surface area contributed by atoms with Gasteiger partial charge in [0.05, 0.1) is 0 Å². The van der Waals surface area contributed by atoms with E-state index in [-0.39, 0.29) is 0 Å². The number of hydrogen-bond acceptors (Lipinski definition) is 6. The quantitative estimate of drug-likeness (QED) is 0.781. The third-order valence-electron chi connectivity index (χ3n) is 3.39. The highest BCUT2D eigenvalue weighted by atomic mass is 15.3. The number of nitrogens with two attached hydrogens (primary N) is 1. The smallest absolute Gasteiger partial charge is 0.230 e. The van der Waals surface area contributed by atoms with Gasteiger partial charge < -0.3 is 15.5 Å². The van der Waals surface area contributed by atoms with Gasteiger partial charge in [-0.05, 0) is 19.9 Å². The van der Waals surface area contributed by atoms with Crippen LogP contribution in [0.15, 0.2) is 0 Å². The lowest BCUT2D eigenvalue weighted by atomic mass is 10.3. The predicted molar refractivity (Wildman–Crippen MR) is 65.9 cm³/mol. The van der Waals surface area contributed by atoms with Crippen molar-refractivity contribution in [2.75, 3.05) is 43.9 Å². The van der Waals surface area contributed by atoms with Crippen molar-refractivity contribution in [2.24, 2.45) is 0 Å². The number of anilines is 2. The molecule has 0 atom stereocenters. The molecule has 1 aliphatic heterocycles. The van der Waals surface area contributed by atoms with Crippen molar-refractivity contribution in [3.05, 3.63) is 5.82 Å². The maximum atomic E-state index is 5.76. The van der Waals surface area contributed by atoms with Gasteiger partial charge in [0.2, 0.25) is 11.9 Å². The summed E-state index contributed by atoms with van der Waals surface area (Å²) in [6.07, 6.45) is 2.37. The molecule has 2 aliphatic rings. The largest absolute Gasteiger partial charge is 0.368 e. The monoisotopic (exact) mass is 234 g/mol. The Morgan fingerprint density at radius 1 is 1.06 bits per heavy atom. The van der Waals surface area contributed by atoms with E-state index in [0.29, 0.717) is 11.9 Å². The summed E-state index contributed by atoms with van der Waals surface area (Å²) in [5.74, 6) is 2.52. The van der Waals surface area contributed by atoms with E-state index in [1.165, 1.54) is 12.8 Å². The zero-order valence-electron chi connectivity index (χ0n) is 10.1. The lowest BCUT2D eigenvalue weighted by molar-refractivity contribution is 0.311. The zero-order chi connectivity index (χ0) is 11.8. The first-order valence-electron chi connectivity index (χ1n) is 6.17. The van der Waals surface area contributed by atoms with Crippen LogP contribution in [-0.2, 0) is 0 Å². The normalized spacial score (nSPS) is 21.8. The molecule has 2 N–H and O–H groups in total. The van der Waals surface area contributed by atoms with Gasteiger partial charge in [0.15, 0.2) is 0 Å². The second kappa shape index (κ2) is 4.10. The molecular formula is C11H18N6. The molecule has 0 aromatic carbocycles. The topological polar surface area (TPSA) is 71.2 Å². The molecule has 17 heavy (non-hydrogen) atoms. The maximum Gasteiger partial charge on any atom is 0.230 e. The van der Waals surface area contributed by atoms with Gasteiger partial charge in [-0.3, -0.25) is 0 Å². The van der Waals surface area contributed by atoms with Crippen molar-refractivity contribution in [2.45, 2.75) is 18.8 Å². The second-order valence-corrected chi connectivity index (χ2v) is 4.92. The lowest BCUT2D eigenvalue weighted by Gasteiger charge is -2.32. The number of hydrogen-bond donors (Lipinski definition) is 1.